The van der Waals surface area contributed by atoms with Gasteiger partial charge in [-0.05, 0) is 86.5 Å². The van der Waals surface area contributed by atoms with Crippen LogP contribution in [0, 0.1) is 34.5 Å². The summed E-state index contributed by atoms with van der Waals surface area (Å²) in [6.07, 6.45) is 4.94. The monoisotopic (exact) mass is 520 g/mol. The first kappa shape index (κ1) is 26.2. The average Bonchev–Trinajstić information content (AvgIpc) is 3.38. The van der Waals surface area contributed by atoms with Crippen molar-refractivity contribution in [2.45, 2.75) is 121 Å². The molecule has 1 saturated heterocycles. The predicted molar refractivity (Wildman–Crippen MR) is 133 cm³/mol. The highest BCUT2D eigenvalue weighted by atomic mass is 16.7. The number of ether oxygens (including phenoxy) is 3. The minimum absolute atomic E-state index is 0.127. The van der Waals surface area contributed by atoms with Crippen molar-refractivity contribution in [1.82, 2.24) is 0 Å². The van der Waals surface area contributed by atoms with E-state index in [4.69, 9.17) is 14.2 Å². The minimum Gasteiger partial charge on any atom is -0.458 e. The lowest BCUT2D eigenvalue weighted by atomic mass is 9.42. The van der Waals surface area contributed by atoms with Crippen molar-refractivity contribution in [2.24, 2.45) is 34.5 Å². The molecular formula is C29H44O8. The van der Waals surface area contributed by atoms with Crippen LogP contribution < -0.4 is 0 Å². The Balaban J connectivity index is 1.19. The van der Waals surface area contributed by atoms with Crippen LogP contribution in [0.25, 0.3) is 0 Å². The summed E-state index contributed by atoms with van der Waals surface area (Å²) in [5.74, 6) is 0.542. The van der Waals surface area contributed by atoms with Crippen LogP contribution in [0.15, 0.2) is 11.6 Å². The maximum Gasteiger partial charge on any atom is 0.331 e. The molecule has 6 aliphatic rings. The number of cyclic esters (lactones) is 1. The third-order valence-corrected chi connectivity index (χ3v) is 12.1. The van der Waals surface area contributed by atoms with Crippen LogP contribution in [0.4, 0.5) is 0 Å². The summed E-state index contributed by atoms with van der Waals surface area (Å²) in [7, 11) is 0. The molecule has 13 unspecified atom stereocenters. The van der Waals surface area contributed by atoms with Crippen LogP contribution in [-0.4, -0.2) is 75.4 Å². The van der Waals surface area contributed by atoms with Gasteiger partial charge in [0.25, 0.3) is 0 Å². The van der Waals surface area contributed by atoms with Gasteiger partial charge in [0, 0.05) is 24.3 Å². The second-order valence-electron chi connectivity index (χ2n) is 13.5. The van der Waals surface area contributed by atoms with Gasteiger partial charge in [0.2, 0.25) is 0 Å². The summed E-state index contributed by atoms with van der Waals surface area (Å²) >= 11 is 0. The molecule has 4 saturated carbocycles. The molecule has 8 heteroatoms. The number of carbonyl (C=O) groups excluding carboxylic acids is 1. The number of hydrogen-bond donors (Lipinski definition) is 4. The van der Waals surface area contributed by atoms with Crippen LogP contribution in [0.3, 0.4) is 0 Å². The Kier molecular flexibility index (Phi) is 6.37. The van der Waals surface area contributed by atoms with E-state index in [0.29, 0.717) is 13.0 Å². The predicted octanol–water partition coefficient (Wildman–Crippen LogP) is 2.46. The van der Waals surface area contributed by atoms with E-state index in [1.54, 1.807) is 13.0 Å². The van der Waals surface area contributed by atoms with E-state index in [0.717, 1.165) is 50.5 Å². The number of aliphatic hydroxyl groups is 4. The van der Waals surface area contributed by atoms with Gasteiger partial charge in [0.15, 0.2) is 6.29 Å². The van der Waals surface area contributed by atoms with Gasteiger partial charge in [0.05, 0.1) is 30.0 Å². The number of fused-ring (bicyclic) bond motifs is 5. The van der Waals surface area contributed by atoms with Gasteiger partial charge in [0.1, 0.15) is 12.7 Å². The lowest BCUT2D eigenvalue weighted by Gasteiger charge is -2.64. The molecule has 0 spiro atoms. The largest absolute Gasteiger partial charge is 0.458 e. The summed E-state index contributed by atoms with van der Waals surface area (Å²) in [6, 6.07) is 0. The molecule has 208 valence electrons. The van der Waals surface area contributed by atoms with Crippen LogP contribution in [0.5, 0.6) is 0 Å². The van der Waals surface area contributed by atoms with E-state index < -0.39 is 36.3 Å². The Morgan fingerprint density at radius 1 is 1.00 bits per heavy atom. The third kappa shape index (κ3) is 3.80. The van der Waals surface area contributed by atoms with Crippen LogP contribution >= 0.6 is 0 Å². The lowest BCUT2D eigenvalue weighted by molar-refractivity contribution is -0.280. The summed E-state index contributed by atoms with van der Waals surface area (Å²) in [6.45, 7) is 6.54. The normalized spacial score (nSPS) is 55.6. The Labute approximate surface area is 219 Å². The summed E-state index contributed by atoms with van der Waals surface area (Å²) in [4.78, 5) is 11.8. The van der Waals surface area contributed by atoms with E-state index in [1.807, 2.05) is 0 Å². The van der Waals surface area contributed by atoms with Crippen molar-refractivity contribution in [3.63, 3.8) is 0 Å². The zero-order valence-electron chi connectivity index (χ0n) is 22.3. The van der Waals surface area contributed by atoms with Crippen molar-refractivity contribution < 1.29 is 39.4 Å². The molecule has 6 rings (SSSR count). The lowest BCUT2D eigenvalue weighted by Crippen LogP contribution is -2.65. The Bertz CT molecular complexity index is 940. The molecule has 0 radical (unpaired) electrons. The summed E-state index contributed by atoms with van der Waals surface area (Å²) < 4.78 is 17.3. The average molecular weight is 521 g/mol. The maximum absolute atomic E-state index is 12.4. The summed E-state index contributed by atoms with van der Waals surface area (Å²) in [5, 5.41) is 44.2. The molecule has 5 fully saturated rings. The van der Waals surface area contributed by atoms with E-state index in [9.17, 15) is 25.2 Å². The molecule has 8 nitrogen and oxygen atoms in total. The molecule has 37 heavy (non-hydrogen) atoms. The molecule has 0 amide bonds. The zero-order valence-corrected chi connectivity index (χ0v) is 22.3. The number of carbonyl (C=O) groups is 1. The van der Waals surface area contributed by atoms with Crippen LogP contribution in [0.2, 0.25) is 0 Å². The fourth-order valence-corrected chi connectivity index (χ4v) is 9.87. The third-order valence-electron chi connectivity index (χ3n) is 12.1. The molecule has 4 N–H and O–H groups in total. The topological polar surface area (TPSA) is 126 Å². The smallest absolute Gasteiger partial charge is 0.331 e. The number of rotatable bonds is 3. The van der Waals surface area contributed by atoms with E-state index in [2.05, 4.69) is 13.8 Å². The molecule has 2 aliphatic heterocycles. The SMILES string of the molecule is CC1OC(OC2CC(O)C3(C)C(CCC4C3CCC3(C)C(C5=CC(=O)OC5)CCC43O)C2)CC(O)C1O. The van der Waals surface area contributed by atoms with Gasteiger partial charge in [-0.3, -0.25) is 0 Å². The highest BCUT2D eigenvalue weighted by Gasteiger charge is 2.69. The molecule has 4 aliphatic carbocycles. The van der Waals surface area contributed by atoms with Gasteiger partial charge in [-0.25, -0.2) is 4.79 Å². The highest BCUT2D eigenvalue weighted by molar-refractivity contribution is 5.85. The van der Waals surface area contributed by atoms with Gasteiger partial charge in [-0.1, -0.05) is 13.8 Å². The van der Waals surface area contributed by atoms with Gasteiger partial charge in [-0.15, -0.1) is 0 Å². The van der Waals surface area contributed by atoms with E-state index >= 15 is 0 Å². The van der Waals surface area contributed by atoms with Gasteiger partial charge < -0.3 is 34.6 Å². The molecule has 0 bridgehead atoms. The zero-order chi connectivity index (χ0) is 26.3. The second-order valence-corrected chi connectivity index (χ2v) is 13.5. The van der Waals surface area contributed by atoms with Crippen molar-refractivity contribution >= 4 is 5.97 Å². The first-order valence-corrected chi connectivity index (χ1v) is 14.4. The summed E-state index contributed by atoms with van der Waals surface area (Å²) in [5.41, 5.74) is -0.351. The fourth-order valence-electron chi connectivity index (χ4n) is 9.87. The van der Waals surface area contributed by atoms with Gasteiger partial charge in [-0.2, -0.15) is 0 Å². The standard InChI is InChI=1S/C29H44O8/c1-15-26(33)22(30)13-25(36-15)37-18-11-17-4-5-21-20(28(17,3)23(31)12-18)6-8-27(2)19(7-9-29(21,27)34)16-10-24(32)35-14-16/h10,15,17-23,25-26,30-31,33-34H,4-9,11-14H2,1-3H3. The first-order chi connectivity index (χ1) is 17.5. The number of aliphatic hydroxyl groups excluding tert-OH is 3. The molecular weight excluding hydrogens is 476 g/mol. The fraction of sp³-hybridized carbons (Fsp3) is 0.897. The van der Waals surface area contributed by atoms with Crippen LogP contribution in [0.1, 0.15) is 78.6 Å². The van der Waals surface area contributed by atoms with Crippen molar-refractivity contribution in [2.75, 3.05) is 6.61 Å². The first-order valence-electron chi connectivity index (χ1n) is 14.4. The minimum atomic E-state index is -0.911. The van der Waals surface area contributed by atoms with Crippen molar-refractivity contribution in [3.05, 3.63) is 11.6 Å². The maximum atomic E-state index is 12.4. The van der Waals surface area contributed by atoms with Gasteiger partial charge >= 0.3 is 5.97 Å². The molecule has 13 atom stereocenters. The number of hydrogen-bond acceptors (Lipinski definition) is 8. The van der Waals surface area contributed by atoms with E-state index in [1.165, 1.54) is 0 Å². The quantitative estimate of drug-likeness (QED) is 0.330. The van der Waals surface area contributed by atoms with Crippen molar-refractivity contribution in [1.29, 1.82) is 0 Å². The highest BCUT2D eigenvalue weighted by Crippen LogP contribution is 2.70. The Hall–Kier alpha value is -1.03. The van der Waals surface area contributed by atoms with E-state index in [-0.39, 0.29) is 53.0 Å². The second kappa shape index (κ2) is 9.00. The molecule has 0 aromatic rings. The molecule has 0 aromatic carbocycles. The molecule has 2 heterocycles. The Morgan fingerprint density at radius 3 is 2.49 bits per heavy atom. The van der Waals surface area contributed by atoms with Crippen LogP contribution in [-0.2, 0) is 19.0 Å². The molecule has 0 aromatic heterocycles. The van der Waals surface area contributed by atoms with Crippen molar-refractivity contribution in [3.8, 4) is 0 Å². The Morgan fingerprint density at radius 2 is 1.78 bits per heavy atom. The number of esters is 1.